The van der Waals surface area contributed by atoms with Crippen molar-refractivity contribution in [3.8, 4) is 0 Å². The van der Waals surface area contributed by atoms with Crippen molar-refractivity contribution in [1.82, 2.24) is 25.1 Å². The zero-order valence-electron chi connectivity index (χ0n) is 18.4. The molecular formula is C24H33N5O2. The molecule has 166 valence electrons. The molecule has 0 aliphatic carbocycles. The molecule has 3 rings (SSSR count). The van der Waals surface area contributed by atoms with Gasteiger partial charge in [-0.3, -0.25) is 14.6 Å². The molecular weight excluding hydrogens is 390 g/mol. The van der Waals surface area contributed by atoms with Crippen LogP contribution in [0.2, 0.25) is 0 Å². The van der Waals surface area contributed by atoms with Gasteiger partial charge in [0.25, 0.3) is 5.91 Å². The van der Waals surface area contributed by atoms with E-state index in [-0.39, 0.29) is 18.2 Å². The normalized spacial score (nSPS) is 14.2. The second kappa shape index (κ2) is 12.2. The number of nitrogens with one attached hydrogen (secondary N) is 1. The second-order valence-corrected chi connectivity index (χ2v) is 8.07. The van der Waals surface area contributed by atoms with Crippen molar-refractivity contribution in [2.75, 3.05) is 39.3 Å². The topological polar surface area (TPSA) is 78.4 Å². The van der Waals surface area contributed by atoms with E-state index in [1.54, 1.807) is 11.1 Å². The van der Waals surface area contributed by atoms with Gasteiger partial charge < -0.3 is 15.1 Å². The average Bonchev–Trinajstić information content (AvgIpc) is 2.80. The first-order chi connectivity index (χ1) is 15.1. The summed E-state index contributed by atoms with van der Waals surface area (Å²) in [5.74, 6) is -0.214. The van der Waals surface area contributed by atoms with Crippen molar-refractivity contribution in [3.63, 3.8) is 0 Å². The molecule has 1 saturated heterocycles. The average molecular weight is 424 g/mol. The number of benzene rings is 1. The number of hydrogen-bond donors (Lipinski definition) is 1. The molecule has 0 radical (unpaired) electrons. The number of carbonyl (C=O) groups is 2. The molecule has 0 atom stereocenters. The van der Waals surface area contributed by atoms with Gasteiger partial charge in [0, 0.05) is 38.8 Å². The van der Waals surface area contributed by atoms with Gasteiger partial charge in [0.1, 0.15) is 5.69 Å². The Morgan fingerprint density at radius 3 is 2.52 bits per heavy atom. The molecule has 2 aromatic rings. The van der Waals surface area contributed by atoms with Crippen LogP contribution in [-0.2, 0) is 11.2 Å². The Labute approximate surface area is 184 Å². The zero-order chi connectivity index (χ0) is 21.9. The maximum atomic E-state index is 13.0. The zero-order valence-corrected chi connectivity index (χ0v) is 18.4. The Morgan fingerprint density at radius 1 is 1.03 bits per heavy atom. The van der Waals surface area contributed by atoms with Gasteiger partial charge in [-0.25, -0.2) is 4.98 Å². The van der Waals surface area contributed by atoms with E-state index in [0.717, 1.165) is 37.3 Å². The fourth-order valence-electron chi connectivity index (χ4n) is 3.75. The van der Waals surface area contributed by atoms with Crippen molar-refractivity contribution in [3.05, 3.63) is 59.7 Å². The third kappa shape index (κ3) is 7.75. The molecule has 1 aliphatic heterocycles. The van der Waals surface area contributed by atoms with E-state index >= 15 is 0 Å². The minimum Gasteiger partial charge on any atom is -0.355 e. The molecule has 2 amide bonds. The summed E-state index contributed by atoms with van der Waals surface area (Å²) >= 11 is 0. The number of aryl methyl sites for hydroxylation is 1. The minimum absolute atomic E-state index is 0.0236. The van der Waals surface area contributed by atoms with E-state index in [2.05, 4.69) is 20.2 Å². The van der Waals surface area contributed by atoms with E-state index in [1.807, 2.05) is 37.3 Å². The third-order valence-electron chi connectivity index (χ3n) is 5.61. The molecule has 0 saturated carbocycles. The molecule has 2 heterocycles. The summed E-state index contributed by atoms with van der Waals surface area (Å²) in [5.41, 5.74) is 2.23. The molecule has 1 aromatic heterocycles. The smallest absolute Gasteiger partial charge is 0.274 e. The van der Waals surface area contributed by atoms with Crippen LogP contribution in [-0.4, -0.2) is 70.9 Å². The second-order valence-electron chi connectivity index (χ2n) is 8.07. The Kier molecular flexibility index (Phi) is 8.97. The van der Waals surface area contributed by atoms with Crippen LogP contribution in [0.1, 0.15) is 47.4 Å². The van der Waals surface area contributed by atoms with Crippen LogP contribution in [0.25, 0.3) is 0 Å². The van der Waals surface area contributed by atoms with Crippen molar-refractivity contribution in [1.29, 1.82) is 0 Å². The van der Waals surface area contributed by atoms with Crippen LogP contribution in [0, 0.1) is 6.92 Å². The first-order valence-electron chi connectivity index (χ1n) is 11.2. The van der Waals surface area contributed by atoms with Crippen LogP contribution in [0.4, 0.5) is 0 Å². The van der Waals surface area contributed by atoms with Crippen molar-refractivity contribution >= 4 is 11.8 Å². The van der Waals surface area contributed by atoms with Gasteiger partial charge in [-0.1, -0.05) is 36.8 Å². The van der Waals surface area contributed by atoms with Gasteiger partial charge in [0.05, 0.1) is 11.9 Å². The van der Waals surface area contributed by atoms with E-state index in [9.17, 15) is 9.59 Å². The van der Waals surface area contributed by atoms with Crippen molar-refractivity contribution in [2.45, 2.75) is 39.0 Å². The van der Waals surface area contributed by atoms with E-state index in [1.165, 1.54) is 25.5 Å². The lowest BCUT2D eigenvalue weighted by Crippen LogP contribution is -2.40. The summed E-state index contributed by atoms with van der Waals surface area (Å²) in [7, 11) is 0. The lowest BCUT2D eigenvalue weighted by Gasteiger charge is -2.26. The number of aromatic nitrogens is 2. The summed E-state index contributed by atoms with van der Waals surface area (Å²) in [6, 6.07) is 10.0. The Hall–Kier alpha value is -2.80. The number of nitrogens with zero attached hydrogens (tertiary/aromatic N) is 4. The highest BCUT2D eigenvalue weighted by Crippen LogP contribution is 2.08. The van der Waals surface area contributed by atoms with Gasteiger partial charge in [-0.2, -0.15) is 0 Å². The summed E-state index contributed by atoms with van der Waals surface area (Å²) in [6.45, 7) is 6.50. The summed E-state index contributed by atoms with van der Waals surface area (Å²) in [5, 5.41) is 3.00. The highest BCUT2D eigenvalue weighted by Gasteiger charge is 2.19. The SMILES string of the molecule is Cc1cnc(C(=O)N(CCC(=O)NCCN2CCCCC2)CCc2ccccc2)cn1. The molecule has 1 N–H and O–H groups in total. The predicted octanol–water partition coefficient (Wildman–Crippen LogP) is 2.46. The molecule has 31 heavy (non-hydrogen) atoms. The lowest BCUT2D eigenvalue weighted by atomic mass is 10.1. The van der Waals surface area contributed by atoms with E-state index in [4.69, 9.17) is 0 Å². The maximum Gasteiger partial charge on any atom is 0.274 e. The summed E-state index contributed by atoms with van der Waals surface area (Å²) < 4.78 is 0. The fourth-order valence-corrected chi connectivity index (χ4v) is 3.75. The Morgan fingerprint density at radius 2 is 1.81 bits per heavy atom. The van der Waals surface area contributed by atoms with Crippen LogP contribution in [0.15, 0.2) is 42.7 Å². The van der Waals surface area contributed by atoms with Crippen LogP contribution >= 0.6 is 0 Å². The quantitative estimate of drug-likeness (QED) is 0.635. The van der Waals surface area contributed by atoms with Crippen molar-refractivity contribution in [2.24, 2.45) is 0 Å². The molecule has 1 aromatic carbocycles. The standard InChI is InChI=1S/C24H33N5O2/c1-20-18-27-22(19-26-20)24(31)29(15-10-21-8-4-2-5-9-21)16-11-23(30)25-12-17-28-13-6-3-7-14-28/h2,4-5,8-9,18-19H,3,6-7,10-17H2,1H3,(H,25,30). The van der Waals surface area contributed by atoms with Crippen LogP contribution < -0.4 is 5.32 Å². The number of carbonyl (C=O) groups excluding carboxylic acids is 2. The highest BCUT2D eigenvalue weighted by atomic mass is 16.2. The number of likely N-dealkylation sites (tertiary alicyclic amines) is 1. The van der Waals surface area contributed by atoms with E-state index in [0.29, 0.717) is 25.3 Å². The maximum absolute atomic E-state index is 13.0. The van der Waals surface area contributed by atoms with E-state index < -0.39 is 0 Å². The molecule has 1 fully saturated rings. The van der Waals surface area contributed by atoms with Gasteiger partial charge >= 0.3 is 0 Å². The number of piperidine rings is 1. The Balaban J connectivity index is 1.51. The van der Waals surface area contributed by atoms with Crippen LogP contribution in [0.3, 0.4) is 0 Å². The molecule has 0 spiro atoms. The monoisotopic (exact) mass is 423 g/mol. The Bertz CT molecular complexity index is 820. The fraction of sp³-hybridized carbons (Fsp3) is 0.500. The van der Waals surface area contributed by atoms with Crippen molar-refractivity contribution < 1.29 is 9.59 Å². The molecule has 0 bridgehead atoms. The minimum atomic E-state index is -0.190. The first kappa shape index (κ1) is 22.9. The van der Waals surface area contributed by atoms with Gasteiger partial charge in [0.15, 0.2) is 0 Å². The first-order valence-corrected chi connectivity index (χ1v) is 11.2. The van der Waals surface area contributed by atoms with Gasteiger partial charge in [-0.15, -0.1) is 0 Å². The number of amides is 2. The third-order valence-corrected chi connectivity index (χ3v) is 5.61. The largest absolute Gasteiger partial charge is 0.355 e. The van der Waals surface area contributed by atoms with Crippen LogP contribution in [0.5, 0.6) is 0 Å². The molecule has 7 nitrogen and oxygen atoms in total. The molecule has 0 unspecified atom stereocenters. The molecule has 7 heteroatoms. The van der Waals surface area contributed by atoms with Gasteiger partial charge in [-0.05, 0) is 44.8 Å². The van der Waals surface area contributed by atoms with Gasteiger partial charge in [0.2, 0.25) is 5.91 Å². The highest BCUT2D eigenvalue weighted by molar-refractivity contribution is 5.92. The molecule has 1 aliphatic rings. The summed E-state index contributed by atoms with van der Waals surface area (Å²) in [6.07, 6.45) is 7.90. The lowest BCUT2D eigenvalue weighted by molar-refractivity contribution is -0.121. The summed E-state index contributed by atoms with van der Waals surface area (Å²) in [4.78, 5) is 37.9. The number of hydrogen-bond acceptors (Lipinski definition) is 5. The predicted molar refractivity (Wildman–Crippen MR) is 121 cm³/mol. The number of rotatable bonds is 10.